The first kappa shape index (κ1) is 13.0. The van der Waals surface area contributed by atoms with Crippen LogP contribution in [0.15, 0.2) is 13.6 Å². The van der Waals surface area contributed by atoms with Gasteiger partial charge in [-0.15, -0.1) is 11.3 Å². The molecule has 2 rings (SSSR count). The van der Waals surface area contributed by atoms with Crippen molar-refractivity contribution < 1.29 is 4.74 Å². The fourth-order valence-corrected chi connectivity index (χ4v) is 5.06. The minimum Gasteiger partial charge on any atom is -0.381 e. The van der Waals surface area contributed by atoms with Gasteiger partial charge in [-0.05, 0) is 56.5 Å². The van der Waals surface area contributed by atoms with Crippen LogP contribution in [0.1, 0.15) is 24.9 Å². The summed E-state index contributed by atoms with van der Waals surface area (Å²) in [6.45, 7) is 4.91. The van der Waals surface area contributed by atoms with Crippen LogP contribution in [0.2, 0.25) is 0 Å². The summed E-state index contributed by atoms with van der Waals surface area (Å²) in [5.74, 6) is 0.595. The van der Waals surface area contributed by atoms with E-state index in [1.807, 2.05) is 0 Å². The van der Waals surface area contributed by atoms with Crippen molar-refractivity contribution in [2.45, 2.75) is 19.4 Å². The largest absolute Gasteiger partial charge is 0.381 e. The number of nitrogens with one attached hydrogen (secondary N) is 1. The van der Waals surface area contributed by atoms with Crippen LogP contribution in [0, 0.1) is 5.92 Å². The number of hydrogen-bond acceptors (Lipinski definition) is 3. The van der Waals surface area contributed by atoms with Crippen molar-refractivity contribution in [1.82, 2.24) is 5.32 Å². The Hall–Kier alpha value is 0.580. The standard InChI is InChI=1S/C11H15Br2NOS/c1-2-14-10(7-3-4-15-6-7)8-5-9(12)16-11(8)13/h5,7,10,14H,2-4,6H2,1H3. The van der Waals surface area contributed by atoms with Crippen molar-refractivity contribution >= 4 is 43.2 Å². The van der Waals surface area contributed by atoms with Gasteiger partial charge in [-0.2, -0.15) is 0 Å². The van der Waals surface area contributed by atoms with Gasteiger partial charge in [-0.1, -0.05) is 6.92 Å². The highest BCUT2D eigenvalue weighted by atomic mass is 79.9. The van der Waals surface area contributed by atoms with E-state index in [-0.39, 0.29) is 0 Å². The summed E-state index contributed by atoms with van der Waals surface area (Å²) in [4.78, 5) is 0. The third kappa shape index (κ3) is 2.88. The summed E-state index contributed by atoms with van der Waals surface area (Å²) in [5.41, 5.74) is 1.36. The average molecular weight is 369 g/mol. The molecule has 0 saturated carbocycles. The summed E-state index contributed by atoms with van der Waals surface area (Å²) in [6, 6.07) is 2.62. The van der Waals surface area contributed by atoms with Crippen LogP contribution in [0.4, 0.5) is 0 Å². The van der Waals surface area contributed by atoms with E-state index in [4.69, 9.17) is 4.74 Å². The number of hydrogen-bond donors (Lipinski definition) is 1. The van der Waals surface area contributed by atoms with Gasteiger partial charge in [0.25, 0.3) is 0 Å². The zero-order chi connectivity index (χ0) is 11.5. The second kappa shape index (κ2) is 5.96. The average Bonchev–Trinajstić information content (AvgIpc) is 2.85. The van der Waals surface area contributed by atoms with Crippen molar-refractivity contribution in [2.24, 2.45) is 5.92 Å². The third-order valence-electron chi connectivity index (χ3n) is 2.88. The summed E-state index contributed by atoms with van der Waals surface area (Å²) in [5, 5.41) is 3.57. The lowest BCUT2D eigenvalue weighted by atomic mass is 9.94. The van der Waals surface area contributed by atoms with Gasteiger partial charge >= 0.3 is 0 Å². The first-order valence-corrected chi connectivity index (χ1v) is 7.88. The summed E-state index contributed by atoms with van der Waals surface area (Å²) >= 11 is 8.92. The minimum absolute atomic E-state index is 0.407. The van der Waals surface area contributed by atoms with Crippen molar-refractivity contribution in [3.63, 3.8) is 0 Å². The lowest BCUT2D eigenvalue weighted by molar-refractivity contribution is 0.177. The second-order valence-corrected chi connectivity index (χ2v) is 7.69. The quantitative estimate of drug-likeness (QED) is 0.868. The molecule has 2 atom stereocenters. The molecule has 90 valence electrons. The molecule has 0 aliphatic carbocycles. The first-order chi connectivity index (χ1) is 7.72. The van der Waals surface area contributed by atoms with Crippen LogP contribution in [-0.2, 0) is 4.74 Å². The number of ether oxygens (including phenoxy) is 1. The second-order valence-electron chi connectivity index (χ2n) is 3.94. The number of halogens is 2. The van der Waals surface area contributed by atoms with Crippen LogP contribution in [0.25, 0.3) is 0 Å². The summed E-state index contributed by atoms with van der Waals surface area (Å²) < 4.78 is 7.89. The third-order valence-corrected chi connectivity index (χ3v) is 5.26. The Bertz CT molecular complexity index is 350. The Balaban J connectivity index is 2.20. The van der Waals surface area contributed by atoms with Crippen LogP contribution < -0.4 is 5.32 Å². The van der Waals surface area contributed by atoms with Gasteiger partial charge in [0.2, 0.25) is 0 Å². The highest BCUT2D eigenvalue weighted by molar-refractivity contribution is 9.12. The van der Waals surface area contributed by atoms with E-state index in [0.29, 0.717) is 12.0 Å². The Morgan fingerprint density at radius 2 is 2.44 bits per heavy atom. The smallest absolute Gasteiger partial charge is 0.0758 e. The Kier molecular flexibility index (Phi) is 4.85. The SMILES string of the molecule is CCNC(c1cc(Br)sc1Br)C1CCOC1. The molecule has 0 bridgehead atoms. The van der Waals surface area contributed by atoms with Crippen LogP contribution in [-0.4, -0.2) is 19.8 Å². The van der Waals surface area contributed by atoms with E-state index in [1.165, 1.54) is 13.1 Å². The number of thiophene rings is 1. The molecule has 1 saturated heterocycles. The molecule has 5 heteroatoms. The highest BCUT2D eigenvalue weighted by Crippen LogP contribution is 2.39. The predicted molar refractivity (Wildman–Crippen MR) is 75.1 cm³/mol. The topological polar surface area (TPSA) is 21.3 Å². The Morgan fingerprint density at radius 1 is 1.62 bits per heavy atom. The Morgan fingerprint density at radius 3 is 2.94 bits per heavy atom. The van der Waals surface area contributed by atoms with Crippen molar-refractivity contribution in [3.8, 4) is 0 Å². The maximum Gasteiger partial charge on any atom is 0.0758 e. The molecule has 1 aliphatic heterocycles. The molecule has 1 aromatic heterocycles. The lowest BCUT2D eigenvalue weighted by Gasteiger charge is -2.23. The van der Waals surface area contributed by atoms with Crippen molar-refractivity contribution in [1.29, 1.82) is 0 Å². The van der Waals surface area contributed by atoms with Gasteiger partial charge in [0.1, 0.15) is 0 Å². The van der Waals surface area contributed by atoms with E-state index in [2.05, 4.69) is 50.2 Å². The molecular weight excluding hydrogens is 354 g/mol. The monoisotopic (exact) mass is 367 g/mol. The van der Waals surface area contributed by atoms with Gasteiger partial charge < -0.3 is 10.1 Å². The minimum atomic E-state index is 0.407. The van der Waals surface area contributed by atoms with Crippen LogP contribution >= 0.6 is 43.2 Å². The van der Waals surface area contributed by atoms with Gasteiger partial charge in [0.15, 0.2) is 0 Å². The zero-order valence-electron chi connectivity index (χ0n) is 9.13. The maximum absolute atomic E-state index is 5.49. The summed E-state index contributed by atoms with van der Waals surface area (Å²) in [7, 11) is 0. The first-order valence-electron chi connectivity index (χ1n) is 5.48. The van der Waals surface area contributed by atoms with E-state index in [0.717, 1.165) is 26.2 Å². The zero-order valence-corrected chi connectivity index (χ0v) is 13.1. The molecule has 0 spiro atoms. The van der Waals surface area contributed by atoms with E-state index in [1.54, 1.807) is 11.3 Å². The molecule has 16 heavy (non-hydrogen) atoms. The van der Waals surface area contributed by atoms with Gasteiger partial charge in [0.05, 0.1) is 14.2 Å². The van der Waals surface area contributed by atoms with Gasteiger partial charge in [-0.3, -0.25) is 0 Å². The fraction of sp³-hybridized carbons (Fsp3) is 0.636. The van der Waals surface area contributed by atoms with Gasteiger partial charge in [0, 0.05) is 18.6 Å². The molecule has 2 heterocycles. The van der Waals surface area contributed by atoms with E-state index < -0.39 is 0 Å². The molecule has 2 unspecified atom stereocenters. The molecular formula is C11H15Br2NOS. The lowest BCUT2D eigenvalue weighted by Crippen LogP contribution is -2.28. The molecule has 0 amide bonds. The molecule has 1 aromatic rings. The van der Waals surface area contributed by atoms with Crippen LogP contribution in [0.5, 0.6) is 0 Å². The molecule has 1 aliphatic rings. The summed E-state index contributed by atoms with van der Waals surface area (Å²) in [6.07, 6.45) is 1.15. The normalized spacial score (nSPS) is 22.6. The number of rotatable bonds is 4. The molecule has 1 fully saturated rings. The highest BCUT2D eigenvalue weighted by Gasteiger charge is 2.28. The van der Waals surface area contributed by atoms with Crippen LogP contribution in [0.3, 0.4) is 0 Å². The van der Waals surface area contributed by atoms with E-state index >= 15 is 0 Å². The molecule has 1 N–H and O–H groups in total. The Labute approximate surface area is 117 Å². The fourth-order valence-electron chi connectivity index (χ4n) is 2.13. The predicted octanol–water partition coefficient (Wildman–Crippen LogP) is 3.96. The van der Waals surface area contributed by atoms with Crippen molar-refractivity contribution in [3.05, 3.63) is 19.2 Å². The van der Waals surface area contributed by atoms with Gasteiger partial charge in [-0.25, -0.2) is 0 Å². The maximum atomic E-state index is 5.49. The molecule has 0 radical (unpaired) electrons. The molecule has 2 nitrogen and oxygen atoms in total. The van der Waals surface area contributed by atoms with Crippen molar-refractivity contribution in [2.75, 3.05) is 19.8 Å². The van der Waals surface area contributed by atoms with E-state index in [9.17, 15) is 0 Å². The molecule has 0 aromatic carbocycles.